The van der Waals surface area contributed by atoms with Crippen molar-refractivity contribution in [2.45, 2.75) is 0 Å². The molecule has 2 rings (SSSR count). The van der Waals surface area contributed by atoms with Crippen molar-refractivity contribution >= 4 is 17.1 Å². The summed E-state index contributed by atoms with van der Waals surface area (Å²) < 4.78 is 26.0. The Balaban J connectivity index is 2.40. The smallest absolute Gasteiger partial charge is 0.186 e. The van der Waals surface area contributed by atoms with Crippen molar-refractivity contribution in [3.63, 3.8) is 0 Å². The molecule has 2 nitrogen and oxygen atoms in total. The Morgan fingerprint density at radius 3 is 2.41 bits per heavy atom. The summed E-state index contributed by atoms with van der Waals surface area (Å²) in [4.78, 5) is 12.5. The van der Waals surface area contributed by atoms with E-state index in [0.29, 0.717) is 15.3 Å². The average molecular weight is 253 g/mol. The summed E-state index contributed by atoms with van der Waals surface area (Å²) in [5.74, 6) is -1.46. The Morgan fingerprint density at radius 2 is 1.82 bits per heavy atom. The van der Waals surface area contributed by atoms with Gasteiger partial charge in [0, 0.05) is 10.9 Å². The SMILES string of the molecule is NCC(=O)c1ccc(-c2cc(F)cc(F)c2)s1. The van der Waals surface area contributed by atoms with Crippen LogP contribution in [-0.2, 0) is 0 Å². The van der Waals surface area contributed by atoms with Crippen LogP contribution in [0.2, 0.25) is 0 Å². The number of Topliss-reactive ketones (excluding diaryl/α,β-unsaturated/α-hetero) is 1. The molecule has 0 atom stereocenters. The third kappa shape index (κ3) is 2.57. The third-order valence-corrected chi connectivity index (χ3v) is 3.39. The van der Waals surface area contributed by atoms with Gasteiger partial charge < -0.3 is 5.73 Å². The predicted octanol–water partition coefficient (Wildman–Crippen LogP) is 2.83. The second-order valence-electron chi connectivity index (χ2n) is 3.45. The van der Waals surface area contributed by atoms with Crippen molar-refractivity contribution in [2.75, 3.05) is 6.54 Å². The summed E-state index contributed by atoms with van der Waals surface area (Å²) in [6.45, 7) is -0.0720. The van der Waals surface area contributed by atoms with Gasteiger partial charge >= 0.3 is 0 Å². The lowest BCUT2D eigenvalue weighted by molar-refractivity contribution is 0.100. The van der Waals surface area contributed by atoms with Crippen LogP contribution < -0.4 is 5.73 Å². The van der Waals surface area contributed by atoms with Crippen molar-refractivity contribution in [2.24, 2.45) is 5.73 Å². The van der Waals surface area contributed by atoms with Crippen molar-refractivity contribution in [1.29, 1.82) is 0 Å². The van der Waals surface area contributed by atoms with Crippen molar-refractivity contribution < 1.29 is 13.6 Å². The van der Waals surface area contributed by atoms with E-state index < -0.39 is 11.6 Å². The Bertz CT molecular complexity index is 545. The van der Waals surface area contributed by atoms with Gasteiger partial charge in [-0.2, -0.15) is 0 Å². The molecule has 1 aromatic carbocycles. The van der Waals surface area contributed by atoms with Crippen LogP contribution >= 0.6 is 11.3 Å². The maximum absolute atomic E-state index is 13.0. The fraction of sp³-hybridized carbons (Fsp3) is 0.0833. The average Bonchev–Trinajstić information content (AvgIpc) is 2.76. The fourth-order valence-corrected chi connectivity index (χ4v) is 2.38. The van der Waals surface area contributed by atoms with E-state index in [1.807, 2.05) is 0 Å². The van der Waals surface area contributed by atoms with Crippen LogP contribution in [0.5, 0.6) is 0 Å². The summed E-state index contributed by atoms with van der Waals surface area (Å²) in [5, 5.41) is 0. The summed E-state index contributed by atoms with van der Waals surface area (Å²) >= 11 is 1.17. The number of carbonyl (C=O) groups is 1. The van der Waals surface area contributed by atoms with Crippen LogP contribution in [0, 0.1) is 11.6 Å². The van der Waals surface area contributed by atoms with Gasteiger partial charge in [-0.25, -0.2) is 8.78 Å². The lowest BCUT2D eigenvalue weighted by Gasteiger charge is -1.98. The van der Waals surface area contributed by atoms with Crippen LogP contribution in [0.4, 0.5) is 8.78 Å². The summed E-state index contributed by atoms with van der Waals surface area (Å²) in [6, 6.07) is 6.53. The number of halogens is 2. The monoisotopic (exact) mass is 253 g/mol. The largest absolute Gasteiger partial charge is 0.324 e. The molecule has 0 saturated carbocycles. The Kier molecular flexibility index (Phi) is 3.31. The molecule has 2 aromatic rings. The normalized spacial score (nSPS) is 10.5. The Hall–Kier alpha value is -1.59. The number of hydrogen-bond donors (Lipinski definition) is 1. The zero-order chi connectivity index (χ0) is 12.4. The first-order valence-electron chi connectivity index (χ1n) is 4.89. The predicted molar refractivity (Wildman–Crippen MR) is 63.1 cm³/mol. The molecule has 0 amide bonds. The van der Waals surface area contributed by atoms with Gasteiger partial charge in [0.05, 0.1) is 11.4 Å². The quantitative estimate of drug-likeness (QED) is 0.855. The van der Waals surface area contributed by atoms with E-state index in [1.165, 1.54) is 23.5 Å². The van der Waals surface area contributed by atoms with E-state index in [4.69, 9.17) is 5.73 Å². The molecule has 0 aliphatic heterocycles. The van der Waals surface area contributed by atoms with Crippen LogP contribution in [0.15, 0.2) is 30.3 Å². The van der Waals surface area contributed by atoms with Gasteiger partial charge in [0.2, 0.25) is 0 Å². The van der Waals surface area contributed by atoms with Crippen molar-refractivity contribution in [3.05, 3.63) is 46.8 Å². The van der Waals surface area contributed by atoms with Crippen LogP contribution in [0.1, 0.15) is 9.67 Å². The van der Waals surface area contributed by atoms with Crippen molar-refractivity contribution in [1.82, 2.24) is 0 Å². The molecule has 0 unspecified atom stereocenters. The Morgan fingerprint density at radius 1 is 1.18 bits per heavy atom. The molecule has 0 saturated heterocycles. The highest BCUT2D eigenvalue weighted by molar-refractivity contribution is 7.17. The lowest BCUT2D eigenvalue weighted by Crippen LogP contribution is -2.11. The van der Waals surface area contributed by atoms with Crippen LogP contribution in [0.3, 0.4) is 0 Å². The van der Waals surface area contributed by atoms with E-state index in [1.54, 1.807) is 12.1 Å². The molecule has 0 bridgehead atoms. The fourth-order valence-electron chi connectivity index (χ4n) is 1.44. The van der Waals surface area contributed by atoms with Crippen molar-refractivity contribution in [3.8, 4) is 10.4 Å². The summed E-state index contributed by atoms with van der Waals surface area (Å²) in [6.07, 6.45) is 0. The first kappa shape index (κ1) is 11.9. The number of thiophene rings is 1. The van der Waals surface area contributed by atoms with Gasteiger partial charge in [-0.05, 0) is 29.8 Å². The minimum absolute atomic E-state index is 0.0720. The zero-order valence-corrected chi connectivity index (χ0v) is 9.56. The zero-order valence-electron chi connectivity index (χ0n) is 8.74. The minimum Gasteiger partial charge on any atom is -0.324 e. The number of benzene rings is 1. The lowest BCUT2D eigenvalue weighted by atomic mass is 10.2. The third-order valence-electron chi connectivity index (χ3n) is 2.21. The van der Waals surface area contributed by atoms with Gasteiger partial charge in [0.25, 0.3) is 0 Å². The number of nitrogens with two attached hydrogens (primary N) is 1. The molecule has 1 aromatic heterocycles. The van der Waals surface area contributed by atoms with Gasteiger partial charge in [-0.1, -0.05) is 0 Å². The maximum atomic E-state index is 13.0. The molecule has 5 heteroatoms. The molecule has 0 aliphatic rings. The van der Waals surface area contributed by atoms with E-state index in [9.17, 15) is 13.6 Å². The van der Waals surface area contributed by atoms with Gasteiger partial charge in [0.1, 0.15) is 11.6 Å². The van der Waals surface area contributed by atoms with E-state index in [-0.39, 0.29) is 12.3 Å². The highest BCUT2D eigenvalue weighted by atomic mass is 32.1. The van der Waals surface area contributed by atoms with Crippen LogP contribution in [0.25, 0.3) is 10.4 Å². The highest BCUT2D eigenvalue weighted by Gasteiger charge is 2.10. The van der Waals surface area contributed by atoms with E-state index >= 15 is 0 Å². The first-order chi connectivity index (χ1) is 8.10. The van der Waals surface area contributed by atoms with Gasteiger partial charge in [0.15, 0.2) is 5.78 Å². The summed E-state index contributed by atoms with van der Waals surface area (Å²) in [7, 11) is 0. The molecule has 2 N–H and O–H groups in total. The van der Waals surface area contributed by atoms with Gasteiger partial charge in [-0.3, -0.25) is 4.79 Å². The number of carbonyl (C=O) groups excluding carboxylic acids is 1. The second-order valence-corrected chi connectivity index (χ2v) is 4.53. The van der Waals surface area contributed by atoms with Gasteiger partial charge in [-0.15, -0.1) is 11.3 Å². The molecule has 0 spiro atoms. The maximum Gasteiger partial charge on any atom is 0.186 e. The molecular formula is C12H9F2NOS. The molecule has 1 heterocycles. The molecule has 88 valence electrons. The minimum atomic E-state index is -0.639. The number of ketones is 1. The summed E-state index contributed by atoms with van der Waals surface area (Å²) in [5.41, 5.74) is 5.66. The molecule has 0 radical (unpaired) electrons. The standard InChI is InChI=1S/C12H9F2NOS/c13-8-3-7(4-9(14)5-8)11-1-2-12(17-11)10(16)6-15/h1-5H,6,15H2. The molecule has 0 aliphatic carbocycles. The number of rotatable bonds is 3. The molecule has 17 heavy (non-hydrogen) atoms. The highest BCUT2D eigenvalue weighted by Crippen LogP contribution is 2.29. The second kappa shape index (κ2) is 4.73. The first-order valence-corrected chi connectivity index (χ1v) is 5.71. The van der Waals surface area contributed by atoms with E-state index in [2.05, 4.69) is 0 Å². The van der Waals surface area contributed by atoms with E-state index in [0.717, 1.165) is 6.07 Å². The number of hydrogen-bond acceptors (Lipinski definition) is 3. The Labute approximate surface area is 101 Å². The topological polar surface area (TPSA) is 43.1 Å². The molecule has 0 fully saturated rings. The van der Waals surface area contributed by atoms with Crippen LogP contribution in [-0.4, -0.2) is 12.3 Å². The molecular weight excluding hydrogens is 244 g/mol.